The fraction of sp³-hybridized carbons (Fsp3) is 0.188. The van der Waals surface area contributed by atoms with Crippen LogP contribution < -0.4 is 10.0 Å². The Morgan fingerprint density at radius 3 is 2.57 bits per heavy atom. The Balaban J connectivity index is 2.27. The lowest BCUT2D eigenvalue weighted by atomic mass is 10.1. The number of hydrogen-bond acceptors (Lipinski definition) is 3. The molecule has 23 heavy (non-hydrogen) atoms. The van der Waals surface area contributed by atoms with Crippen molar-refractivity contribution < 1.29 is 13.2 Å². The smallest absolute Gasteiger partial charge is 0.255 e. The quantitative estimate of drug-likeness (QED) is 0.867. The van der Waals surface area contributed by atoms with Gasteiger partial charge in [0.1, 0.15) is 0 Å². The Bertz CT molecular complexity index is 835. The van der Waals surface area contributed by atoms with E-state index in [0.717, 1.165) is 5.56 Å². The van der Waals surface area contributed by atoms with Crippen molar-refractivity contribution in [1.82, 2.24) is 4.72 Å². The van der Waals surface area contributed by atoms with Gasteiger partial charge >= 0.3 is 0 Å². The minimum absolute atomic E-state index is 0.0554. The minimum atomic E-state index is -3.60. The number of aryl methyl sites for hydroxylation is 1. The highest BCUT2D eigenvalue weighted by Gasteiger charge is 2.15. The molecule has 1 amide bonds. The van der Waals surface area contributed by atoms with Crippen molar-refractivity contribution in [2.75, 3.05) is 11.9 Å². The van der Waals surface area contributed by atoms with E-state index >= 15 is 0 Å². The van der Waals surface area contributed by atoms with E-state index in [9.17, 15) is 13.2 Å². The van der Waals surface area contributed by atoms with E-state index in [2.05, 4.69) is 10.0 Å². The van der Waals surface area contributed by atoms with Gasteiger partial charge in [-0.25, -0.2) is 13.1 Å². The summed E-state index contributed by atoms with van der Waals surface area (Å²) in [6, 6.07) is 11.0. The van der Waals surface area contributed by atoms with E-state index in [0.29, 0.717) is 10.7 Å². The second-order valence-electron chi connectivity index (χ2n) is 4.94. The van der Waals surface area contributed by atoms with Gasteiger partial charge in [0.15, 0.2) is 0 Å². The highest BCUT2D eigenvalue weighted by atomic mass is 35.5. The lowest BCUT2D eigenvalue weighted by Crippen LogP contribution is -2.23. The van der Waals surface area contributed by atoms with E-state index in [1.165, 1.54) is 18.2 Å². The van der Waals surface area contributed by atoms with Gasteiger partial charge in [-0.3, -0.25) is 4.79 Å². The van der Waals surface area contributed by atoms with Crippen molar-refractivity contribution in [3.8, 4) is 0 Å². The molecule has 7 heteroatoms. The van der Waals surface area contributed by atoms with Crippen LogP contribution in [-0.4, -0.2) is 20.9 Å². The molecule has 0 aliphatic rings. The number of rotatable bonds is 5. The fourth-order valence-corrected chi connectivity index (χ4v) is 3.35. The second kappa shape index (κ2) is 7.12. The van der Waals surface area contributed by atoms with E-state index < -0.39 is 10.0 Å². The summed E-state index contributed by atoms with van der Waals surface area (Å²) in [7, 11) is -3.60. The molecule has 0 radical (unpaired) electrons. The molecule has 0 aromatic heterocycles. The van der Waals surface area contributed by atoms with Gasteiger partial charge in [-0.1, -0.05) is 24.6 Å². The Kier molecular flexibility index (Phi) is 5.41. The summed E-state index contributed by atoms with van der Waals surface area (Å²) in [4.78, 5) is 12.4. The van der Waals surface area contributed by atoms with Crippen molar-refractivity contribution >= 4 is 33.2 Å². The molecule has 2 rings (SSSR count). The van der Waals surface area contributed by atoms with Crippen LogP contribution in [0.4, 0.5) is 5.69 Å². The molecule has 0 unspecified atom stereocenters. The van der Waals surface area contributed by atoms with Crippen LogP contribution in [0.1, 0.15) is 22.8 Å². The first-order valence-electron chi connectivity index (χ1n) is 7.00. The van der Waals surface area contributed by atoms with Gasteiger partial charge in [0.2, 0.25) is 10.0 Å². The van der Waals surface area contributed by atoms with Crippen molar-refractivity contribution in [2.45, 2.75) is 18.7 Å². The van der Waals surface area contributed by atoms with Gasteiger partial charge in [0.05, 0.1) is 4.90 Å². The Hall–Kier alpha value is -1.89. The minimum Gasteiger partial charge on any atom is -0.322 e. The van der Waals surface area contributed by atoms with Gasteiger partial charge in [-0.2, -0.15) is 0 Å². The molecule has 0 spiro atoms. The Morgan fingerprint density at radius 2 is 1.91 bits per heavy atom. The molecule has 2 N–H and O–H groups in total. The number of carbonyl (C=O) groups excluding carboxylic acids is 1. The predicted octanol–water partition coefficient (Wildman–Crippen LogP) is 3.20. The normalized spacial score (nSPS) is 11.3. The summed E-state index contributed by atoms with van der Waals surface area (Å²) < 4.78 is 26.4. The molecule has 0 bridgehead atoms. The monoisotopic (exact) mass is 352 g/mol. The summed E-state index contributed by atoms with van der Waals surface area (Å²) in [5.41, 5.74) is 1.71. The van der Waals surface area contributed by atoms with Crippen molar-refractivity contribution in [3.63, 3.8) is 0 Å². The first-order valence-corrected chi connectivity index (χ1v) is 8.87. The summed E-state index contributed by atoms with van der Waals surface area (Å²) >= 11 is 5.88. The SMILES string of the molecule is CCNS(=O)(=O)c1cccc(C(=O)Nc2ccc(Cl)cc2C)c1. The summed E-state index contributed by atoms with van der Waals surface area (Å²) in [5.74, 6) is -0.385. The molecule has 2 aromatic carbocycles. The number of nitrogens with one attached hydrogen (secondary N) is 2. The molecule has 0 saturated heterocycles. The van der Waals surface area contributed by atoms with Gasteiger partial charge in [0.25, 0.3) is 5.91 Å². The summed E-state index contributed by atoms with van der Waals surface area (Å²) in [5, 5.41) is 3.33. The molecule has 0 saturated carbocycles. The number of halogens is 1. The van der Waals surface area contributed by atoms with Gasteiger partial charge in [-0.15, -0.1) is 0 Å². The number of benzene rings is 2. The molecular weight excluding hydrogens is 336 g/mol. The highest BCUT2D eigenvalue weighted by molar-refractivity contribution is 7.89. The topological polar surface area (TPSA) is 75.3 Å². The predicted molar refractivity (Wildman–Crippen MR) is 91.4 cm³/mol. The standard InChI is InChI=1S/C16H17ClN2O3S/c1-3-18-23(21,22)14-6-4-5-12(10-14)16(20)19-15-8-7-13(17)9-11(15)2/h4-10,18H,3H2,1-2H3,(H,19,20). The summed E-state index contributed by atoms with van der Waals surface area (Å²) in [6.07, 6.45) is 0. The fourth-order valence-electron chi connectivity index (χ4n) is 2.04. The molecule has 0 aliphatic heterocycles. The number of sulfonamides is 1. The Morgan fingerprint density at radius 1 is 1.17 bits per heavy atom. The van der Waals surface area contributed by atoms with Crippen LogP contribution in [0.2, 0.25) is 5.02 Å². The average molecular weight is 353 g/mol. The molecule has 5 nitrogen and oxygen atoms in total. The highest BCUT2D eigenvalue weighted by Crippen LogP contribution is 2.20. The lowest BCUT2D eigenvalue weighted by Gasteiger charge is -2.10. The maximum atomic E-state index is 12.3. The number of anilines is 1. The number of hydrogen-bond donors (Lipinski definition) is 2. The molecule has 0 fully saturated rings. The maximum absolute atomic E-state index is 12.3. The van der Waals surface area contributed by atoms with E-state index in [-0.39, 0.29) is 22.9 Å². The van der Waals surface area contributed by atoms with Crippen LogP contribution in [0.5, 0.6) is 0 Å². The zero-order chi connectivity index (χ0) is 17.0. The molecular formula is C16H17ClN2O3S. The van der Waals surface area contributed by atoms with Crippen LogP contribution in [0.25, 0.3) is 0 Å². The first-order chi connectivity index (χ1) is 10.8. The van der Waals surface area contributed by atoms with Crippen molar-refractivity contribution in [1.29, 1.82) is 0 Å². The van der Waals surface area contributed by atoms with Crippen LogP contribution in [0.3, 0.4) is 0 Å². The third kappa shape index (κ3) is 4.31. The second-order valence-corrected chi connectivity index (χ2v) is 7.15. The summed E-state index contributed by atoms with van der Waals surface area (Å²) in [6.45, 7) is 3.80. The van der Waals surface area contributed by atoms with E-state index in [1.807, 2.05) is 6.92 Å². The third-order valence-electron chi connectivity index (χ3n) is 3.18. The zero-order valence-corrected chi connectivity index (χ0v) is 14.3. The average Bonchev–Trinajstić information content (AvgIpc) is 2.50. The molecule has 0 aliphatic carbocycles. The Labute approximate surface area is 140 Å². The van der Waals surface area contributed by atoms with E-state index in [1.54, 1.807) is 31.2 Å². The van der Waals surface area contributed by atoms with Crippen LogP contribution in [-0.2, 0) is 10.0 Å². The molecule has 0 heterocycles. The van der Waals surface area contributed by atoms with Gasteiger partial charge in [-0.05, 0) is 48.9 Å². The maximum Gasteiger partial charge on any atom is 0.255 e. The molecule has 0 atom stereocenters. The zero-order valence-electron chi connectivity index (χ0n) is 12.8. The van der Waals surface area contributed by atoms with Gasteiger partial charge < -0.3 is 5.32 Å². The van der Waals surface area contributed by atoms with Gasteiger partial charge in [0, 0.05) is 22.8 Å². The molecule has 122 valence electrons. The van der Waals surface area contributed by atoms with E-state index in [4.69, 9.17) is 11.6 Å². The molecule has 2 aromatic rings. The van der Waals surface area contributed by atoms with Crippen LogP contribution in [0.15, 0.2) is 47.4 Å². The number of amides is 1. The van der Waals surface area contributed by atoms with Crippen molar-refractivity contribution in [2.24, 2.45) is 0 Å². The van der Waals surface area contributed by atoms with Crippen molar-refractivity contribution in [3.05, 3.63) is 58.6 Å². The first kappa shape index (κ1) is 17.5. The largest absolute Gasteiger partial charge is 0.322 e. The van der Waals surface area contributed by atoms with Crippen LogP contribution in [0, 0.1) is 6.92 Å². The number of carbonyl (C=O) groups is 1. The lowest BCUT2D eigenvalue weighted by molar-refractivity contribution is 0.102. The van der Waals surface area contributed by atoms with Crippen LogP contribution >= 0.6 is 11.6 Å². The third-order valence-corrected chi connectivity index (χ3v) is 4.96.